The summed E-state index contributed by atoms with van der Waals surface area (Å²) in [7, 11) is 0. The van der Waals surface area contributed by atoms with Crippen LogP contribution in [0.4, 0.5) is 0 Å². The molecule has 1 unspecified atom stereocenters. The van der Waals surface area contributed by atoms with E-state index in [0.29, 0.717) is 5.95 Å². The van der Waals surface area contributed by atoms with Gasteiger partial charge in [-0.1, -0.05) is 6.92 Å². The molecule has 0 aliphatic carbocycles. The Labute approximate surface area is 104 Å². The molecule has 0 aromatic carbocycles. The maximum atomic E-state index is 5.81. The van der Waals surface area contributed by atoms with Gasteiger partial charge in [0, 0.05) is 12.4 Å². The lowest BCUT2D eigenvalue weighted by molar-refractivity contribution is 0.198. The molecule has 0 amide bonds. The third-order valence-electron chi connectivity index (χ3n) is 2.17. The van der Waals surface area contributed by atoms with Crippen molar-refractivity contribution in [2.24, 2.45) is 0 Å². The standard InChI is InChI=1S/C10H12ClN5O/c1-3-7(2)17-10-14-8(11)13-9(15-10)16-6-4-5-12-16/h4-7H,3H2,1-2H3. The molecule has 0 N–H and O–H groups in total. The first-order chi connectivity index (χ1) is 8.19. The third-order valence-corrected chi connectivity index (χ3v) is 2.34. The highest BCUT2D eigenvalue weighted by molar-refractivity contribution is 6.28. The van der Waals surface area contributed by atoms with Crippen LogP contribution in [0.1, 0.15) is 20.3 Å². The van der Waals surface area contributed by atoms with E-state index in [2.05, 4.69) is 20.1 Å². The molecule has 0 aliphatic rings. The molecular weight excluding hydrogens is 242 g/mol. The van der Waals surface area contributed by atoms with Gasteiger partial charge in [-0.3, -0.25) is 0 Å². The summed E-state index contributed by atoms with van der Waals surface area (Å²) in [6, 6.07) is 1.98. The van der Waals surface area contributed by atoms with Gasteiger partial charge in [0.15, 0.2) is 0 Å². The van der Waals surface area contributed by atoms with E-state index in [4.69, 9.17) is 16.3 Å². The van der Waals surface area contributed by atoms with E-state index < -0.39 is 0 Å². The second-order valence-corrected chi connectivity index (χ2v) is 3.81. The lowest BCUT2D eigenvalue weighted by atomic mass is 10.3. The van der Waals surface area contributed by atoms with Crippen molar-refractivity contribution in [1.29, 1.82) is 0 Å². The number of hydrogen-bond donors (Lipinski definition) is 0. The smallest absolute Gasteiger partial charge is 0.322 e. The van der Waals surface area contributed by atoms with Crippen LogP contribution in [-0.2, 0) is 0 Å². The molecule has 0 spiro atoms. The molecular formula is C10H12ClN5O. The molecule has 90 valence electrons. The molecule has 0 saturated carbocycles. The highest BCUT2D eigenvalue weighted by atomic mass is 35.5. The lowest BCUT2D eigenvalue weighted by Crippen LogP contribution is -2.14. The summed E-state index contributed by atoms with van der Waals surface area (Å²) in [5.41, 5.74) is 0. The van der Waals surface area contributed by atoms with E-state index in [1.165, 1.54) is 4.68 Å². The van der Waals surface area contributed by atoms with Gasteiger partial charge >= 0.3 is 6.01 Å². The average molecular weight is 254 g/mol. The van der Waals surface area contributed by atoms with E-state index in [0.717, 1.165) is 6.42 Å². The van der Waals surface area contributed by atoms with Crippen molar-refractivity contribution in [3.63, 3.8) is 0 Å². The number of rotatable bonds is 4. The van der Waals surface area contributed by atoms with Crippen LogP contribution < -0.4 is 4.74 Å². The molecule has 2 heterocycles. The molecule has 2 rings (SSSR count). The van der Waals surface area contributed by atoms with Crippen LogP contribution in [0.3, 0.4) is 0 Å². The number of nitrogens with zero attached hydrogens (tertiary/aromatic N) is 5. The van der Waals surface area contributed by atoms with Crippen LogP contribution in [0.25, 0.3) is 5.95 Å². The van der Waals surface area contributed by atoms with E-state index >= 15 is 0 Å². The van der Waals surface area contributed by atoms with Crippen LogP contribution in [-0.4, -0.2) is 30.8 Å². The van der Waals surface area contributed by atoms with Crippen LogP contribution >= 0.6 is 11.6 Å². The predicted octanol–water partition coefficient (Wildman–Crippen LogP) is 1.89. The van der Waals surface area contributed by atoms with E-state index in [9.17, 15) is 0 Å². The summed E-state index contributed by atoms with van der Waals surface area (Å²) in [6.07, 6.45) is 4.24. The molecule has 0 saturated heterocycles. The molecule has 0 fully saturated rings. The Hall–Kier alpha value is -1.69. The number of aromatic nitrogens is 5. The molecule has 1 atom stereocenters. The first-order valence-corrected chi connectivity index (χ1v) is 5.65. The van der Waals surface area contributed by atoms with Crippen molar-refractivity contribution in [2.75, 3.05) is 0 Å². The minimum Gasteiger partial charge on any atom is -0.460 e. The van der Waals surface area contributed by atoms with Crippen LogP contribution in [0, 0.1) is 0 Å². The fourth-order valence-corrected chi connectivity index (χ4v) is 1.28. The maximum Gasteiger partial charge on any atom is 0.322 e. The summed E-state index contributed by atoms with van der Waals surface area (Å²) >= 11 is 5.81. The van der Waals surface area contributed by atoms with E-state index in [1.54, 1.807) is 18.5 Å². The first-order valence-electron chi connectivity index (χ1n) is 5.27. The normalized spacial score (nSPS) is 12.4. The molecule has 2 aromatic rings. The van der Waals surface area contributed by atoms with Crippen LogP contribution in [0.2, 0.25) is 5.28 Å². The Balaban J connectivity index is 2.30. The predicted molar refractivity (Wildman–Crippen MR) is 62.3 cm³/mol. The largest absolute Gasteiger partial charge is 0.460 e. The number of halogens is 1. The van der Waals surface area contributed by atoms with Crippen molar-refractivity contribution in [2.45, 2.75) is 26.4 Å². The highest BCUT2D eigenvalue weighted by Crippen LogP contribution is 2.12. The second kappa shape index (κ2) is 5.09. The zero-order chi connectivity index (χ0) is 12.3. The molecule has 0 bridgehead atoms. The van der Waals surface area contributed by atoms with Gasteiger partial charge in [0.1, 0.15) is 0 Å². The van der Waals surface area contributed by atoms with Gasteiger partial charge in [-0.25, -0.2) is 4.68 Å². The third kappa shape index (κ3) is 2.91. The topological polar surface area (TPSA) is 65.7 Å². The number of ether oxygens (including phenoxy) is 1. The van der Waals surface area contributed by atoms with Crippen molar-refractivity contribution in [1.82, 2.24) is 24.7 Å². The Kier molecular flexibility index (Phi) is 3.53. The van der Waals surface area contributed by atoms with Gasteiger partial charge in [0.05, 0.1) is 6.10 Å². The molecule has 6 nitrogen and oxygen atoms in total. The maximum absolute atomic E-state index is 5.81. The molecule has 2 aromatic heterocycles. The first kappa shape index (κ1) is 11.8. The van der Waals surface area contributed by atoms with Gasteiger partial charge < -0.3 is 4.74 Å². The van der Waals surface area contributed by atoms with Crippen molar-refractivity contribution in [3.05, 3.63) is 23.7 Å². The SMILES string of the molecule is CCC(C)Oc1nc(Cl)nc(-n2cccn2)n1. The average Bonchev–Trinajstić information content (AvgIpc) is 2.81. The Morgan fingerprint density at radius 1 is 1.41 bits per heavy atom. The lowest BCUT2D eigenvalue weighted by Gasteiger charge is -2.10. The van der Waals surface area contributed by atoms with Gasteiger partial charge in [-0.05, 0) is 31.0 Å². The van der Waals surface area contributed by atoms with Gasteiger partial charge in [0.2, 0.25) is 5.28 Å². The molecule has 0 aliphatic heterocycles. The quantitative estimate of drug-likeness (QED) is 0.832. The Morgan fingerprint density at radius 2 is 2.24 bits per heavy atom. The van der Waals surface area contributed by atoms with E-state index in [-0.39, 0.29) is 17.4 Å². The monoisotopic (exact) mass is 253 g/mol. The summed E-state index contributed by atoms with van der Waals surface area (Å²) in [4.78, 5) is 12.0. The molecule has 17 heavy (non-hydrogen) atoms. The molecule has 0 radical (unpaired) electrons. The summed E-state index contributed by atoms with van der Waals surface area (Å²) < 4.78 is 6.99. The van der Waals surface area contributed by atoms with Gasteiger partial charge in [-0.15, -0.1) is 0 Å². The zero-order valence-electron chi connectivity index (χ0n) is 9.54. The zero-order valence-corrected chi connectivity index (χ0v) is 10.3. The highest BCUT2D eigenvalue weighted by Gasteiger charge is 2.10. The fourth-order valence-electron chi connectivity index (χ4n) is 1.13. The van der Waals surface area contributed by atoms with Crippen molar-refractivity contribution in [3.8, 4) is 12.0 Å². The van der Waals surface area contributed by atoms with Crippen molar-refractivity contribution < 1.29 is 4.74 Å². The summed E-state index contributed by atoms with van der Waals surface area (Å²) in [5.74, 6) is 0.341. The van der Waals surface area contributed by atoms with Crippen molar-refractivity contribution >= 4 is 11.6 Å². The summed E-state index contributed by atoms with van der Waals surface area (Å²) in [5, 5.41) is 4.10. The van der Waals surface area contributed by atoms with Gasteiger partial charge in [0.25, 0.3) is 5.95 Å². The number of hydrogen-bond acceptors (Lipinski definition) is 5. The Bertz CT molecular complexity index is 487. The second-order valence-electron chi connectivity index (χ2n) is 3.47. The minimum atomic E-state index is 0.0268. The molecule has 7 heteroatoms. The van der Waals surface area contributed by atoms with Crippen LogP contribution in [0.5, 0.6) is 6.01 Å². The Morgan fingerprint density at radius 3 is 2.88 bits per heavy atom. The van der Waals surface area contributed by atoms with E-state index in [1.807, 2.05) is 13.8 Å². The van der Waals surface area contributed by atoms with Gasteiger partial charge in [-0.2, -0.15) is 20.1 Å². The minimum absolute atomic E-state index is 0.0268. The van der Waals surface area contributed by atoms with Crippen LogP contribution in [0.15, 0.2) is 18.5 Å². The summed E-state index contributed by atoms with van der Waals surface area (Å²) in [6.45, 7) is 3.95. The fraction of sp³-hybridized carbons (Fsp3) is 0.400.